The number of nitrogens with zero attached hydrogens (tertiary/aromatic N) is 4. The first-order valence-corrected chi connectivity index (χ1v) is 8.28. The predicted molar refractivity (Wildman–Crippen MR) is 89.9 cm³/mol. The molecule has 1 N–H and O–H groups in total. The zero-order valence-electron chi connectivity index (χ0n) is 14.2. The van der Waals surface area contributed by atoms with E-state index in [0.717, 1.165) is 16.9 Å². The van der Waals surface area contributed by atoms with Crippen molar-refractivity contribution in [3.05, 3.63) is 46.0 Å². The first kappa shape index (κ1) is 15.6. The third-order valence-corrected chi connectivity index (χ3v) is 4.65. The maximum Gasteiger partial charge on any atom is 0.345 e. The molecule has 2 aromatic heterocycles. The SMILES string of the molecule is Cc1cccc2oc(CNC(=O)C3CCc4nn(C)c(=O)n4C3)nc12. The summed E-state index contributed by atoms with van der Waals surface area (Å²) in [7, 11) is 1.62. The van der Waals surface area contributed by atoms with E-state index in [1.807, 2.05) is 25.1 Å². The Balaban J connectivity index is 1.44. The van der Waals surface area contributed by atoms with Crippen LogP contribution in [0.4, 0.5) is 0 Å². The molecule has 3 heterocycles. The van der Waals surface area contributed by atoms with Crippen molar-refractivity contribution in [2.24, 2.45) is 13.0 Å². The number of benzene rings is 1. The molecule has 25 heavy (non-hydrogen) atoms. The zero-order valence-corrected chi connectivity index (χ0v) is 14.2. The number of oxazole rings is 1. The van der Waals surface area contributed by atoms with Gasteiger partial charge >= 0.3 is 5.69 Å². The molecule has 0 saturated carbocycles. The number of aryl methyl sites for hydroxylation is 3. The minimum Gasteiger partial charge on any atom is -0.439 e. The van der Waals surface area contributed by atoms with E-state index >= 15 is 0 Å². The number of hydrogen-bond donors (Lipinski definition) is 1. The van der Waals surface area contributed by atoms with Gasteiger partial charge in [0.25, 0.3) is 0 Å². The Kier molecular flexibility index (Phi) is 3.67. The van der Waals surface area contributed by atoms with Gasteiger partial charge in [-0.1, -0.05) is 12.1 Å². The smallest absolute Gasteiger partial charge is 0.345 e. The number of fused-ring (bicyclic) bond motifs is 2. The Labute approximate surface area is 143 Å². The fourth-order valence-electron chi connectivity index (χ4n) is 3.27. The van der Waals surface area contributed by atoms with Crippen molar-refractivity contribution in [3.8, 4) is 0 Å². The minimum absolute atomic E-state index is 0.0969. The molecule has 0 bridgehead atoms. The summed E-state index contributed by atoms with van der Waals surface area (Å²) in [4.78, 5) is 28.9. The number of carbonyl (C=O) groups excluding carboxylic acids is 1. The molecule has 0 radical (unpaired) electrons. The van der Waals surface area contributed by atoms with Crippen molar-refractivity contribution >= 4 is 17.0 Å². The van der Waals surface area contributed by atoms with E-state index in [4.69, 9.17) is 4.42 Å². The lowest BCUT2D eigenvalue weighted by molar-refractivity contribution is -0.126. The largest absolute Gasteiger partial charge is 0.439 e. The highest BCUT2D eigenvalue weighted by atomic mass is 16.3. The van der Waals surface area contributed by atoms with Crippen molar-refractivity contribution in [3.63, 3.8) is 0 Å². The van der Waals surface area contributed by atoms with Crippen molar-refractivity contribution in [1.82, 2.24) is 24.6 Å². The molecule has 130 valence electrons. The third-order valence-electron chi connectivity index (χ3n) is 4.65. The molecule has 8 heteroatoms. The molecule has 0 aliphatic carbocycles. The first-order valence-electron chi connectivity index (χ1n) is 8.28. The Bertz CT molecular complexity index is 1010. The lowest BCUT2D eigenvalue weighted by Gasteiger charge is -2.21. The number of amides is 1. The number of nitrogens with one attached hydrogen (secondary N) is 1. The lowest BCUT2D eigenvalue weighted by atomic mass is 9.98. The number of para-hydroxylation sites is 1. The molecule has 1 amide bonds. The van der Waals surface area contributed by atoms with Gasteiger partial charge in [0.05, 0.1) is 12.5 Å². The van der Waals surface area contributed by atoms with E-state index in [9.17, 15) is 9.59 Å². The maximum absolute atomic E-state index is 12.5. The van der Waals surface area contributed by atoms with Gasteiger partial charge in [0.1, 0.15) is 11.3 Å². The summed E-state index contributed by atoms with van der Waals surface area (Å²) < 4.78 is 8.57. The van der Waals surface area contributed by atoms with Gasteiger partial charge in [-0.15, -0.1) is 0 Å². The summed E-state index contributed by atoms with van der Waals surface area (Å²) in [6.45, 7) is 2.57. The molecule has 1 aliphatic rings. The van der Waals surface area contributed by atoms with Crippen LogP contribution in [0, 0.1) is 12.8 Å². The average molecular weight is 341 g/mol. The zero-order chi connectivity index (χ0) is 17.6. The molecule has 3 aromatic rings. The van der Waals surface area contributed by atoms with Gasteiger partial charge < -0.3 is 9.73 Å². The summed E-state index contributed by atoms with van der Waals surface area (Å²) in [6, 6.07) is 5.74. The van der Waals surface area contributed by atoms with Gasteiger partial charge in [0, 0.05) is 20.0 Å². The van der Waals surface area contributed by atoms with Crippen LogP contribution in [0.3, 0.4) is 0 Å². The maximum atomic E-state index is 12.5. The molecule has 1 atom stereocenters. The van der Waals surface area contributed by atoms with Crippen LogP contribution >= 0.6 is 0 Å². The van der Waals surface area contributed by atoms with Crippen molar-refractivity contribution < 1.29 is 9.21 Å². The second kappa shape index (κ2) is 5.87. The second-order valence-corrected chi connectivity index (χ2v) is 6.42. The van der Waals surface area contributed by atoms with Gasteiger partial charge in [-0.2, -0.15) is 5.10 Å². The van der Waals surface area contributed by atoms with E-state index in [1.165, 1.54) is 4.68 Å². The van der Waals surface area contributed by atoms with Crippen molar-refractivity contribution in [2.45, 2.75) is 32.9 Å². The second-order valence-electron chi connectivity index (χ2n) is 6.42. The number of rotatable bonds is 3. The van der Waals surface area contributed by atoms with E-state index in [2.05, 4.69) is 15.4 Å². The molecule has 0 saturated heterocycles. The van der Waals surface area contributed by atoms with E-state index in [1.54, 1.807) is 11.6 Å². The van der Waals surface area contributed by atoms with Gasteiger partial charge in [-0.25, -0.2) is 14.5 Å². The number of hydrogen-bond acceptors (Lipinski definition) is 5. The Hall–Kier alpha value is -2.90. The molecule has 0 spiro atoms. The van der Waals surface area contributed by atoms with Crippen LogP contribution in [-0.2, 0) is 31.4 Å². The molecule has 1 aromatic carbocycles. The highest BCUT2D eigenvalue weighted by molar-refractivity contribution is 5.79. The van der Waals surface area contributed by atoms with Crippen LogP contribution in [-0.4, -0.2) is 25.2 Å². The summed E-state index contributed by atoms with van der Waals surface area (Å²) in [5.74, 6) is 0.875. The molecule has 4 rings (SSSR count). The van der Waals surface area contributed by atoms with Crippen molar-refractivity contribution in [2.75, 3.05) is 0 Å². The Morgan fingerprint density at radius 1 is 1.44 bits per heavy atom. The molecule has 0 fully saturated rings. The quantitative estimate of drug-likeness (QED) is 0.764. The molecular weight excluding hydrogens is 322 g/mol. The van der Waals surface area contributed by atoms with E-state index < -0.39 is 0 Å². The minimum atomic E-state index is -0.250. The first-order chi connectivity index (χ1) is 12.0. The highest BCUT2D eigenvalue weighted by Gasteiger charge is 2.27. The van der Waals surface area contributed by atoms with Crippen LogP contribution in [0.25, 0.3) is 11.1 Å². The fourth-order valence-corrected chi connectivity index (χ4v) is 3.27. The normalized spacial score (nSPS) is 16.8. The van der Waals surface area contributed by atoms with Gasteiger partial charge in [-0.05, 0) is 25.0 Å². The van der Waals surface area contributed by atoms with Crippen LogP contribution in [0.15, 0.2) is 27.4 Å². The monoisotopic (exact) mass is 341 g/mol. The topological polar surface area (TPSA) is 95.0 Å². The third kappa shape index (κ3) is 2.73. The standard InChI is InChI=1S/C17H19N5O3/c1-10-4-3-5-12-15(10)19-14(25-12)8-18-16(23)11-6-7-13-20-21(2)17(24)22(13)9-11/h3-5,11H,6-9H2,1-2H3,(H,18,23). The Morgan fingerprint density at radius 2 is 2.28 bits per heavy atom. The van der Waals surface area contributed by atoms with Crippen LogP contribution in [0.5, 0.6) is 0 Å². The summed E-state index contributed by atoms with van der Waals surface area (Å²) in [5, 5.41) is 7.05. The van der Waals surface area contributed by atoms with E-state index in [-0.39, 0.29) is 24.1 Å². The average Bonchev–Trinajstić information content (AvgIpc) is 3.15. The van der Waals surface area contributed by atoms with Crippen LogP contribution in [0.2, 0.25) is 0 Å². The van der Waals surface area contributed by atoms with Gasteiger partial charge in [0.15, 0.2) is 5.58 Å². The number of carbonyl (C=O) groups is 1. The van der Waals surface area contributed by atoms with Gasteiger partial charge in [0.2, 0.25) is 11.8 Å². The molecule has 1 unspecified atom stereocenters. The summed E-state index contributed by atoms with van der Waals surface area (Å²) in [6.07, 6.45) is 1.30. The van der Waals surface area contributed by atoms with Gasteiger partial charge in [-0.3, -0.25) is 9.36 Å². The Morgan fingerprint density at radius 3 is 3.08 bits per heavy atom. The summed E-state index contributed by atoms with van der Waals surface area (Å²) >= 11 is 0. The molecular formula is C17H19N5O3. The van der Waals surface area contributed by atoms with Crippen LogP contribution < -0.4 is 11.0 Å². The lowest BCUT2D eigenvalue weighted by Crippen LogP contribution is -2.38. The highest BCUT2D eigenvalue weighted by Crippen LogP contribution is 2.20. The molecule has 1 aliphatic heterocycles. The van der Waals surface area contributed by atoms with Crippen LogP contribution in [0.1, 0.15) is 23.7 Å². The van der Waals surface area contributed by atoms with Crippen molar-refractivity contribution in [1.29, 1.82) is 0 Å². The number of aromatic nitrogens is 4. The predicted octanol–water partition coefficient (Wildman–Crippen LogP) is 0.910. The summed E-state index contributed by atoms with van der Waals surface area (Å²) in [5.41, 5.74) is 2.39. The molecule has 8 nitrogen and oxygen atoms in total. The fraction of sp³-hybridized carbons (Fsp3) is 0.412. The van der Waals surface area contributed by atoms with E-state index in [0.29, 0.717) is 30.9 Å².